The number of rotatable bonds is 9. The van der Waals surface area contributed by atoms with Gasteiger partial charge in [0.15, 0.2) is 17.0 Å². The highest BCUT2D eigenvalue weighted by atomic mass is 16.7. The first kappa shape index (κ1) is 17.2. The fourth-order valence-electron chi connectivity index (χ4n) is 1.70. The van der Waals surface area contributed by atoms with E-state index in [0.29, 0.717) is 6.42 Å². The van der Waals surface area contributed by atoms with E-state index < -0.39 is 17.0 Å². The van der Waals surface area contributed by atoms with Crippen LogP contribution < -0.4 is 16.9 Å². The van der Waals surface area contributed by atoms with Gasteiger partial charge in [-0.15, -0.1) is 5.43 Å². The Balaban J connectivity index is 2.48. The van der Waals surface area contributed by atoms with Crippen LogP contribution in [0.25, 0.3) is 0 Å². The van der Waals surface area contributed by atoms with Gasteiger partial charge >= 0.3 is 5.97 Å². The number of hydrogen-bond donors (Lipinski definition) is 3. The number of nitrogens with two attached hydrogens (primary N) is 2. The number of benzene rings is 1. The van der Waals surface area contributed by atoms with Gasteiger partial charge in [-0.2, -0.15) is 0 Å². The largest absolute Gasteiger partial charge is 0.459 e. The molecule has 0 bridgehead atoms. The van der Waals surface area contributed by atoms with Crippen LogP contribution in [0.3, 0.4) is 0 Å². The van der Waals surface area contributed by atoms with Gasteiger partial charge in [0.25, 0.3) is 0 Å². The van der Waals surface area contributed by atoms with Crippen molar-refractivity contribution in [1.29, 1.82) is 0 Å². The monoisotopic (exact) mass is 309 g/mol. The van der Waals surface area contributed by atoms with Crippen molar-refractivity contribution in [2.45, 2.75) is 25.5 Å². The molecule has 22 heavy (non-hydrogen) atoms. The van der Waals surface area contributed by atoms with Crippen LogP contribution in [0.15, 0.2) is 35.3 Å². The molecule has 120 valence electrons. The molecule has 1 atom stereocenters. The molecule has 1 unspecified atom stereocenters. The fourth-order valence-corrected chi connectivity index (χ4v) is 1.70. The first-order valence-corrected chi connectivity index (χ1v) is 6.65. The lowest BCUT2D eigenvalue weighted by Gasteiger charge is -2.13. The van der Waals surface area contributed by atoms with E-state index in [1.807, 2.05) is 23.6 Å². The zero-order valence-corrected chi connectivity index (χ0v) is 12.0. The minimum absolute atomic E-state index is 0.0590. The predicted octanol–water partition coefficient (Wildman–Crippen LogP) is -0.0667. The van der Waals surface area contributed by atoms with Gasteiger partial charge in [-0.05, 0) is 18.4 Å². The van der Waals surface area contributed by atoms with Gasteiger partial charge in [-0.3, -0.25) is 4.99 Å². The van der Waals surface area contributed by atoms with Crippen LogP contribution in [0.2, 0.25) is 0 Å². The van der Waals surface area contributed by atoms with Crippen molar-refractivity contribution < 1.29 is 14.6 Å². The molecule has 0 aliphatic carbocycles. The molecule has 0 fully saturated rings. The molecule has 0 amide bonds. The third kappa shape index (κ3) is 7.08. The fraction of sp³-hybridized carbons (Fsp3) is 0.385. The number of guanidine groups is 1. The van der Waals surface area contributed by atoms with E-state index in [1.54, 1.807) is 12.1 Å². The van der Waals surface area contributed by atoms with Gasteiger partial charge < -0.3 is 16.2 Å². The minimum Gasteiger partial charge on any atom is -0.459 e. The maximum atomic E-state index is 11.9. The maximum Gasteiger partial charge on any atom is 0.334 e. The summed E-state index contributed by atoms with van der Waals surface area (Å²) in [4.78, 5) is 26.2. The summed E-state index contributed by atoms with van der Waals surface area (Å²) < 4.78 is 5.08. The Morgan fingerprint density at radius 3 is 2.64 bits per heavy atom. The number of hydrogen-bond acceptors (Lipinski definition) is 5. The number of aliphatic imine (C=N–C) groups is 1. The van der Waals surface area contributed by atoms with Crippen LogP contribution in [0, 0.1) is 10.1 Å². The van der Waals surface area contributed by atoms with Crippen molar-refractivity contribution in [1.82, 2.24) is 5.43 Å². The first-order chi connectivity index (χ1) is 10.5. The third-order valence-corrected chi connectivity index (χ3v) is 2.71. The number of carbonyl (C=O) groups excluding carboxylic acids is 1. The van der Waals surface area contributed by atoms with Gasteiger partial charge in [-0.25, -0.2) is 14.9 Å². The summed E-state index contributed by atoms with van der Waals surface area (Å²) >= 11 is 0. The van der Waals surface area contributed by atoms with Crippen LogP contribution in [0.4, 0.5) is 0 Å². The van der Waals surface area contributed by atoms with Crippen LogP contribution >= 0.6 is 0 Å². The van der Waals surface area contributed by atoms with Gasteiger partial charge in [-0.1, -0.05) is 30.3 Å². The lowest BCUT2D eigenvalue weighted by molar-refractivity contribution is -0.549. The molecule has 0 saturated heterocycles. The zero-order chi connectivity index (χ0) is 16.4. The van der Waals surface area contributed by atoms with Gasteiger partial charge in [0.1, 0.15) is 6.61 Å². The molecule has 5 N–H and O–H groups in total. The number of carbonyl (C=O) groups is 1. The molecule has 0 spiro atoms. The smallest absolute Gasteiger partial charge is 0.334 e. The Bertz CT molecular complexity index is 516. The summed E-state index contributed by atoms with van der Waals surface area (Å²) in [5.74, 6) is -0.754. The van der Waals surface area contributed by atoms with Crippen molar-refractivity contribution in [2.24, 2.45) is 16.5 Å². The minimum atomic E-state index is -1.05. The van der Waals surface area contributed by atoms with Crippen molar-refractivity contribution in [3.8, 4) is 0 Å². The number of nitro groups is 1. The Labute approximate surface area is 127 Å². The average Bonchev–Trinajstić information content (AvgIpc) is 2.48. The highest BCUT2D eigenvalue weighted by Gasteiger charge is 2.24. The molecular formula is C13H19N5O4. The topological polar surface area (TPSA) is 146 Å². The molecule has 9 nitrogen and oxygen atoms in total. The first-order valence-electron chi connectivity index (χ1n) is 6.65. The van der Waals surface area contributed by atoms with E-state index in [-0.39, 0.29) is 25.5 Å². The van der Waals surface area contributed by atoms with E-state index >= 15 is 0 Å². The van der Waals surface area contributed by atoms with Gasteiger partial charge in [0.2, 0.25) is 0 Å². The molecule has 1 aromatic rings. The van der Waals surface area contributed by atoms with Crippen molar-refractivity contribution in [3.63, 3.8) is 0 Å². The molecule has 9 heteroatoms. The second kappa shape index (κ2) is 9.16. The molecule has 0 aliphatic heterocycles. The Morgan fingerprint density at radius 1 is 1.36 bits per heavy atom. The predicted molar refractivity (Wildman–Crippen MR) is 80.1 cm³/mol. The Hall–Kier alpha value is -2.84. The summed E-state index contributed by atoms with van der Waals surface area (Å²) in [6.45, 7) is 0.341. The SMILES string of the molecule is NC(N)=NCCCC(N[N+](=O)[O-])C(=O)OCc1ccccc1. The van der Waals surface area contributed by atoms with Crippen molar-refractivity contribution in [3.05, 3.63) is 46.0 Å². The zero-order valence-electron chi connectivity index (χ0n) is 12.0. The number of hydrazine groups is 1. The second-order valence-electron chi connectivity index (χ2n) is 4.48. The highest BCUT2D eigenvalue weighted by molar-refractivity contribution is 5.76. The molecule has 0 heterocycles. The van der Waals surface area contributed by atoms with E-state index in [9.17, 15) is 14.9 Å². The summed E-state index contributed by atoms with van der Waals surface area (Å²) in [6.07, 6.45) is 0.592. The lowest BCUT2D eigenvalue weighted by atomic mass is 10.1. The number of esters is 1. The number of nitrogens with zero attached hydrogens (tertiary/aromatic N) is 2. The quantitative estimate of drug-likeness (QED) is 0.144. The number of ether oxygens (including phenoxy) is 1. The molecule has 0 aromatic heterocycles. The third-order valence-electron chi connectivity index (χ3n) is 2.71. The molecule has 1 aromatic carbocycles. The molecule has 0 saturated carbocycles. The van der Waals surface area contributed by atoms with Gasteiger partial charge in [0, 0.05) is 6.54 Å². The summed E-state index contributed by atoms with van der Waals surface area (Å²) in [7, 11) is 0. The Morgan fingerprint density at radius 2 is 2.05 bits per heavy atom. The summed E-state index contributed by atoms with van der Waals surface area (Å²) in [5, 5.41) is 9.78. The van der Waals surface area contributed by atoms with E-state index in [0.717, 1.165) is 5.56 Å². The van der Waals surface area contributed by atoms with Crippen LogP contribution in [0.1, 0.15) is 18.4 Å². The number of nitrogens with one attached hydrogen (secondary N) is 1. The Kier molecular flexibility index (Phi) is 7.17. The summed E-state index contributed by atoms with van der Waals surface area (Å²) in [6, 6.07) is 8.00. The molecular weight excluding hydrogens is 290 g/mol. The lowest BCUT2D eigenvalue weighted by Crippen LogP contribution is -2.41. The maximum absolute atomic E-state index is 11.9. The normalized spacial score (nSPS) is 11.3. The highest BCUT2D eigenvalue weighted by Crippen LogP contribution is 2.05. The molecule has 1 rings (SSSR count). The van der Waals surface area contributed by atoms with E-state index in [2.05, 4.69) is 4.99 Å². The molecule has 0 aliphatic rings. The van der Waals surface area contributed by atoms with Crippen molar-refractivity contribution in [2.75, 3.05) is 6.54 Å². The van der Waals surface area contributed by atoms with Crippen LogP contribution in [0.5, 0.6) is 0 Å². The second-order valence-corrected chi connectivity index (χ2v) is 4.48. The van der Waals surface area contributed by atoms with Crippen molar-refractivity contribution >= 4 is 11.9 Å². The van der Waals surface area contributed by atoms with Gasteiger partial charge in [0.05, 0.1) is 0 Å². The van der Waals surface area contributed by atoms with E-state index in [1.165, 1.54) is 0 Å². The summed E-state index contributed by atoms with van der Waals surface area (Å²) in [5.41, 5.74) is 13.1. The van der Waals surface area contributed by atoms with Crippen LogP contribution in [-0.4, -0.2) is 29.5 Å². The molecule has 0 radical (unpaired) electrons. The average molecular weight is 309 g/mol. The van der Waals surface area contributed by atoms with Crippen LogP contribution in [-0.2, 0) is 16.1 Å². The van der Waals surface area contributed by atoms with E-state index in [4.69, 9.17) is 16.2 Å². The standard InChI is InChI=1S/C13H19N5O4/c14-13(15)16-8-4-7-11(17-18(20)21)12(19)22-9-10-5-2-1-3-6-10/h1-3,5-6,11,17H,4,7-9H2,(H4,14,15,16).